The molecule has 42 valence electrons. The van der Waals surface area contributed by atoms with E-state index in [-0.39, 0.29) is 5.60 Å². The minimum absolute atomic E-state index is 0.304. The van der Waals surface area contributed by atoms with Gasteiger partial charge in [0.05, 0.1) is 0 Å². The zero-order valence-corrected chi connectivity index (χ0v) is 4.86. The van der Waals surface area contributed by atoms with Crippen molar-refractivity contribution in [2.75, 3.05) is 0 Å². The third-order valence-electron chi connectivity index (χ3n) is 0.320. The van der Waals surface area contributed by atoms with Crippen molar-refractivity contribution in [3.63, 3.8) is 0 Å². The number of hydrogen-bond donors (Lipinski definition) is 1. The van der Waals surface area contributed by atoms with Gasteiger partial charge in [0.15, 0.2) is 0 Å². The first kappa shape index (κ1) is 6.40. The molecule has 0 aliphatic heterocycles. The molecule has 0 aliphatic carbocycles. The second kappa shape index (κ2) is 1.91. The quantitative estimate of drug-likeness (QED) is 0.398. The molecule has 0 unspecified atom stereocenters. The molecule has 0 aromatic heterocycles. The van der Waals surface area contributed by atoms with Crippen molar-refractivity contribution in [2.24, 2.45) is 5.28 Å². The molecule has 0 bridgehead atoms. The van der Waals surface area contributed by atoms with Gasteiger partial charge in [-0.05, 0) is 20.8 Å². The molecule has 0 spiro atoms. The van der Waals surface area contributed by atoms with Crippen LogP contribution in [0, 0.1) is 5.53 Å². The van der Waals surface area contributed by atoms with E-state index in [1.165, 1.54) is 0 Å². The van der Waals surface area contributed by atoms with Gasteiger partial charge < -0.3 is 4.84 Å². The summed E-state index contributed by atoms with van der Waals surface area (Å²) in [6.45, 7) is 5.52. The Morgan fingerprint density at radius 1 is 1.43 bits per heavy atom. The average molecular weight is 102 g/mol. The second-order valence-corrected chi connectivity index (χ2v) is 2.29. The summed E-state index contributed by atoms with van der Waals surface area (Å²) in [5.41, 5.74) is 5.96. The summed E-state index contributed by atoms with van der Waals surface area (Å²) in [7, 11) is 0. The van der Waals surface area contributed by atoms with Crippen molar-refractivity contribution >= 4 is 0 Å². The molecule has 0 aromatic rings. The molecule has 0 saturated heterocycles. The fourth-order valence-corrected chi connectivity index (χ4v) is 0.137. The highest BCUT2D eigenvalue weighted by Crippen LogP contribution is 2.05. The van der Waals surface area contributed by atoms with Gasteiger partial charge in [0.2, 0.25) is 0 Å². The van der Waals surface area contributed by atoms with Gasteiger partial charge in [-0.15, -0.1) is 0 Å². The summed E-state index contributed by atoms with van der Waals surface area (Å²) in [6, 6.07) is 0. The van der Waals surface area contributed by atoms with Crippen LogP contribution in [0.15, 0.2) is 5.28 Å². The van der Waals surface area contributed by atoms with Gasteiger partial charge in [-0.2, -0.15) is 5.53 Å². The molecule has 0 radical (unpaired) electrons. The molecular weight excluding hydrogens is 92.1 g/mol. The van der Waals surface area contributed by atoms with Gasteiger partial charge in [-0.1, -0.05) is 0 Å². The topological polar surface area (TPSA) is 45.4 Å². The fraction of sp³-hybridized carbons (Fsp3) is 1.00. The van der Waals surface area contributed by atoms with Crippen molar-refractivity contribution < 1.29 is 4.84 Å². The van der Waals surface area contributed by atoms with Crippen LogP contribution in [0.3, 0.4) is 0 Å². The Kier molecular flexibility index (Phi) is 1.75. The fourth-order valence-electron chi connectivity index (χ4n) is 0.137. The van der Waals surface area contributed by atoms with Gasteiger partial charge in [-0.3, -0.25) is 0 Å². The molecule has 0 heterocycles. The molecule has 0 fully saturated rings. The first-order valence-corrected chi connectivity index (χ1v) is 2.11. The van der Waals surface area contributed by atoms with Crippen LogP contribution in [0.1, 0.15) is 20.8 Å². The summed E-state index contributed by atoms with van der Waals surface area (Å²) in [4.78, 5) is 4.52. The minimum atomic E-state index is -0.304. The van der Waals surface area contributed by atoms with Crippen LogP contribution in [0.4, 0.5) is 0 Å². The first-order chi connectivity index (χ1) is 3.06. The molecule has 0 aromatic carbocycles. The zero-order chi connectivity index (χ0) is 5.91. The van der Waals surface area contributed by atoms with E-state index in [4.69, 9.17) is 5.53 Å². The van der Waals surface area contributed by atoms with Crippen LogP contribution < -0.4 is 0 Å². The Labute approximate surface area is 43.1 Å². The lowest BCUT2D eigenvalue weighted by Crippen LogP contribution is -2.14. The van der Waals surface area contributed by atoms with Crippen LogP contribution in [0.5, 0.6) is 0 Å². The lowest BCUT2D eigenvalue weighted by atomic mass is 10.2. The Balaban J connectivity index is 3.34. The summed E-state index contributed by atoms with van der Waals surface area (Å²) < 4.78 is 0. The molecule has 0 rings (SSSR count). The Morgan fingerprint density at radius 3 is 1.86 bits per heavy atom. The van der Waals surface area contributed by atoms with Crippen LogP contribution in [0.25, 0.3) is 0 Å². The standard InChI is InChI=1S/C4H10N2O/c1-4(2,3)7-6-5/h5H,1-3H3. The summed E-state index contributed by atoms with van der Waals surface area (Å²) in [5.74, 6) is 0. The number of nitrogens with one attached hydrogen (secondary N) is 1. The van der Waals surface area contributed by atoms with E-state index in [0.717, 1.165) is 0 Å². The number of nitrogens with zero attached hydrogens (tertiary/aromatic N) is 1. The molecule has 0 aliphatic rings. The highest BCUT2D eigenvalue weighted by molar-refractivity contribution is 4.54. The Morgan fingerprint density at radius 2 is 1.86 bits per heavy atom. The zero-order valence-electron chi connectivity index (χ0n) is 4.86. The molecular formula is C4H10N2O. The van der Waals surface area contributed by atoms with E-state index in [0.29, 0.717) is 0 Å². The Bertz CT molecular complexity index is 64.6. The highest BCUT2D eigenvalue weighted by Gasteiger charge is 2.08. The van der Waals surface area contributed by atoms with E-state index >= 15 is 0 Å². The number of hydrogen-bond acceptors (Lipinski definition) is 3. The van der Waals surface area contributed by atoms with Gasteiger partial charge in [0.25, 0.3) is 0 Å². The molecule has 7 heavy (non-hydrogen) atoms. The monoisotopic (exact) mass is 102 g/mol. The highest BCUT2D eigenvalue weighted by atomic mass is 16.7. The largest absolute Gasteiger partial charge is 0.374 e. The summed E-state index contributed by atoms with van der Waals surface area (Å²) >= 11 is 0. The van der Waals surface area contributed by atoms with Crippen molar-refractivity contribution in [2.45, 2.75) is 26.4 Å². The van der Waals surface area contributed by atoms with Crippen molar-refractivity contribution in [1.29, 1.82) is 5.53 Å². The molecule has 3 heteroatoms. The third-order valence-corrected chi connectivity index (χ3v) is 0.320. The van der Waals surface area contributed by atoms with Gasteiger partial charge in [-0.25, -0.2) is 0 Å². The smallest absolute Gasteiger partial charge is 0.131 e. The molecule has 3 nitrogen and oxygen atoms in total. The third kappa shape index (κ3) is 5.40. The summed E-state index contributed by atoms with van der Waals surface area (Å²) in [6.07, 6.45) is 0. The van der Waals surface area contributed by atoms with Crippen LogP contribution in [0.2, 0.25) is 0 Å². The van der Waals surface area contributed by atoms with E-state index in [2.05, 4.69) is 10.1 Å². The number of rotatable bonds is 1. The van der Waals surface area contributed by atoms with Gasteiger partial charge in [0, 0.05) is 5.28 Å². The average Bonchev–Trinajstić information content (AvgIpc) is 1.30. The van der Waals surface area contributed by atoms with Crippen molar-refractivity contribution in [1.82, 2.24) is 0 Å². The van der Waals surface area contributed by atoms with E-state index in [9.17, 15) is 0 Å². The molecule has 0 atom stereocenters. The maximum atomic E-state index is 6.26. The van der Waals surface area contributed by atoms with Crippen molar-refractivity contribution in [3.05, 3.63) is 0 Å². The van der Waals surface area contributed by atoms with Crippen LogP contribution in [-0.4, -0.2) is 5.60 Å². The van der Waals surface area contributed by atoms with E-state index in [1.54, 1.807) is 0 Å². The lowest BCUT2D eigenvalue weighted by molar-refractivity contribution is -0.0171. The summed E-state index contributed by atoms with van der Waals surface area (Å²) in [5, 5.41) is 2.76. The first-order valence-electron chi connectivity index (χ1n) is 2.11. The maximum absolute atomic E-state index is 6.26. The van der Waals surface area contributed by atoms with E-state index in [1.807, 2.05) is 20.8 Å². The predicted molar refractivity (Wildman–Crippen MR) is 26.0 cm³/mol. The van der Waals surface area contributed by atoms with Crippen LogP contribution >= 0.6 is 0 Å². The van der Waals surface area contributed by atoms with Gasteiger partial charge in [0.1, 0.15) is 5.60 Å². The van der Waals surface area contributed by atoms with Crippen LogP contribution in [-0.2, 0) is 4.84 Å². The van der Waals surface area contributed by atoms with E-state index < -0.39 is 0 Å². The Hall–Kier alpha value is -0.600. The lowest BCUT2D eigenvalue weighted by Gasteiger charge is -2.12. The molecule has 1 N–H and O–H groups in total. The van der Waals surface area contributed by atoms with Crippen molar-refractivity contribution in [3.8, 4) is 0 Å². The van der Waals surface area contributed by atoms with Gasteiger partial charge >= 0.3 is 0 Å². The normalized spacial score (nSPS) is 10.7. The maximum Gasteiger partial charge on any atom is 0.131 e. The molecule has 0 amide bonds. The minimum Gasteiger partial charge on any atom is -0.374 e. The predicted octanol–water partition coefficient (Wildman–Crippen LogP) is 1.75. The SMILES string of the molecule is CC(C)(C)ON=N. The molecule has 0 saturated carbocycles. The second-order valence-electron chi connectivity index (χ2n) is 2.29.